The van der Waals surface area contributed by atoms with Gasteiger partial charge in [0.2, 0.25) is 0 Å². The molecule has 153 valence electrons. The molecule has 0 saturated heterocycles. The monoisotopic (exact) mass is 475 g/mol. The molecule has 0 N–H and O–H groups in total. The van der Waals surface area contributed by atoms with Crippen LogP contribution in [0.15, 0.2) is 85.3 Å². The van der Waals surface area contributed by atoms with Crippen LogP contribution in [0, 0.1) is 0 Å². The molecule has 4 aromatic rings. The molecule has 1 aliphatic rings. The first-order chi connectivity index (χ1) is 14.7. The van der Waals surface area contributed by atoms with Gasteiger partial charge < -0.3 is 5.32 Å². The molecule has 1 unspecified atom stereocenters. The van der Waals surface area contributed by atoms with Gasteiger partial charge >= 0.3 is 33.3 Å². The summed E-state index contributed by atoms with van der Waals surface area (Å²) in [5, 5.41) is 6.20. The van der Waals surface area contributed by atoms with E-state index < -0.39 is 5.54 Å². The first kappa shape index (κ1) is 20.8. The molecule has 1 aliphatic heterocycles. The number of benzene rings is 1. The summed E-state index contributed by atoms with van der Waals surface area (Å²) in [4.78, 5) is 13.8. The van der Waals surface area contributed by atoms with E-state index in [-0.39, 0.29) is 13.1 Å². The Morgan fingerprint density at radius 2 is 1.57 bits per heavy atom. The predicted molar refractivity (Wildman–Crippen MR) is 119 cm³/mol. The van der Waals surface area contributed by atoms with Crippen molar-refractivity contribution in [1.29, 1.82) is 0 Å². The van der Waals surface area contributed by atoms with E-state index >= 15 is 0 Å². The van der Waals surface area contributed by atoms with E-state index in [1.165, 1.54) is 0 Å². The molecule has 0 spiro atoms. The average molecular weight is 476 g/mol. The Balaban J connectivity index is 0.000000687. The van der Waals surface area contributed by atoms with Gasteiger partial charge in [-0.2, -0.15) is 0 Å². The SMILES string of the molecule is CC1(c2ccccn2)C=C(c2ccccn2)c2ccc3cccnc3c2[N-]1.[Cl][Fe-][Cl]. The summed E-state index contributed by atoms with van der Waals surface area (Å²) in [5.41, 5.74) is 5.13. The second-order valence-corrected chi connectivity index (χ2v) is 8.66. The van der Waals surface area contributed by atoms with Crippen molar-refractivity contribution >= 4 is 42.4 Å². The van der Waals surface area contributed by atoms with E-state index in [9.17, 15) is 0 Å². The number of hydrogen-bond acceptors (Lipinski definition) is 3. The summed E-state index contributed by atoms with van der Waals surface area (Å²) in [6, 6.07) is 20.1. The Labute approximate surface area is 190 Å². The fraction of sp³-hybridized carbons (Fsp3) is 0.0870. The molecule has 0 saturated carbocycles. The molecule has 3 aromatic heterocycles. The molecule has 30 heavy (non-hydrogen) atoms. The van der Waals surface area contributed by atoms with Crippen molar-refractivity contribution in [2.24, 2.45) is 0 Å². The van der Waals surface area contributed by atoms with Gasteiger partial charge in [0, 0.05) is 29.9 Å². The molecule has 0 amide bonds. The molecule has 1 aromatic carbocycles. The summed E-state index contributed by atoms with van der Waals surface area (Å²) in [6.45, 7) is 2.09. The molecule has 7 heteroatoms. The molecule has 0 aliphatic carbocycles. The zero-order valence-electron chi connectivity index (χ0n) is 16.0. The van der Waals surface area contributed by atoms with Gasteiger partial charge in [0.05, 0.1) is 11.2 Å². The van der Waals surface area contributed by atoms with Gasteiger partial charge in [-0.25, -0.2) is 0 Å². The summed E-state index contributed by atoms with van der Waals surface area (Å²) in [7, 11) is 9.53. The second-order valence-electron chi connectivity index (χ2n) is 6.83. The molecule has 0 fully saturated rings. The Hall–Kier alpha value is -2.43. The molecule has 4 heterocycles. The van der Waals surface area contributed by atoms with Gasteiger partial charge in [-0.1, -0.05) is 43.3 Å². The van der Waals surface area contributed by atoms with Gasteiger partial charge in [0.15, 0.2) is 0 Å². The Bertz CT molecular complexity index is 1190. The standard InChI is InChI=1S/C23H17N4.2ClH.Fe/c1-23(20-9-3-5-13-25-20)15-18(19-8-2-4-12-24-19)17-11-10-16-7-6-14-26-21(16)22(17)27-23;;;/h2-15H,1H3;2*1H;/q-1;;;+1/p-2. The molecular formula is C23H17Cl2FeN4-2. The molecule has 1 atom stereocenters. The average Bonchev–Trinajstić information content (AvgIpc) is 2.80. The van der Waals surface area contributed by atoms with Crippen molar-refractivity contribution in [1.82, 2.24) is 15.0 Å². The predicted octanol–water partition coefficient (Wildman–Crippen LogP) is 6.77. The van der Waals surface area contributed by atoms with Crippen molar-refractivity contribution in [2.45, 2.75) is 12.5 Å². The van der Waals surface area contributed by atoms with Gasteiger partial charge in [0.25, 0.3) is 0 Å². The first-order valence-electron chi connectivity index (χ1n) is 9.18. The van der Waals surface area contributed by atoms with Crippen LogP contribution < -0.4 is 0 Å². The second kappa shape index (κ2) is 9.15. The van der Waals surface area contributed by atoms with Crippen LogP contribution in [0.1, 0.15) is 23.9 Å². The van der Waals surface area contributed by atoms with Gasteiger partial charge in [-0.05, 0) is 46.8 Å². The van der Waals surface area contributed by atoms with Crippen LogP contribution in [-0.4, -0.2) is 15.0 Å². The van der Waals surface area contributed by atoms with Crippen LogP contribution in [0.3, 0.4) is 0 Å². The van der Waals surface area contributed by atoms with E-state index in [1.807, 2.05) is 54.9 Å². The van der Waals surface area contributed by atoms with Gasteiger partial charge in [-0.3, -0.25) is 15.0 Å². The molecule has 0 bridgehead atoms. The van der Waals surface area contributed by atoms with E-state index in [0.29, 0.717) is 0 Å². The molecule has 4 nitrogen and oxygen atoms in total. The van der Waals surface area contributed by atoms with Crippen LogP contribution in [0.25, 0.3) is 21.8 Å². The van der Waals surface area contributed by atoms with Crippen LogP contribution >= 0.6 is 20.2 Å². The van der Waals surface area contributed by atoms with Crippen LogP contribution in [0.2, 0.25) is 0 Å². The number of rotatable bonds is 2. The zero-order chi connectivity index (χ0) is 21.0. The van der Waals surface area contributed by atoms with E-state index in [2.05, 4.69) is 46.2 Å². The van der Waals surface area contributed by atoms with Crippen LogP contribution in [-0.2, 0) is 18.7 Å². The fourth-order valence-electron chi connectivity index (χ4n) is 3.61. The maximum atomic E-state index is 5.12. The number of fused-ring (bicyclic) bond motifs is 3. The number of aromatic nitrogens is 3. The number of hydrogen-bond donors (Lipinski definition) is 0. The van der Waals surface area contributed by atoms with Gasteiger partial charge in [-0.15, -0.1) is 5.69 Å². The summed E-state index contributed by atoms with van der Waals surface area (Å²) in [5.74, 6) is 0. The Morgan fingerprint density at radius 1 is 0.833 bits per heavy atom. The fourth-order valence-corrected chi connectivity index (χ4v) is 3.61. The summed E-state index contributed by atoms with van der Waals surface area (Å²) < 4.78 is 0. The van der Waals surface area contributed by atoms with Crippen molar-refractivity contribution < 1.29 is 13.1 Å². The van der Waals surface area contributed by atoms with Crippen LogP contribution in [0.4, 0.5) is 5.69 Å². The molecule has 5 rings (SSSR count). The molecule has 0 radical (unpaired) electrons. The van der Waals surface area contributed by atoms with Gasteiger partial charge in [0.1, 0.15) is 0 Å². The van der Waals surface area contributed by atoms with Crippen molar-refractivity contribution in [2.75, 3.05) is 0 Å². The van der Waals surface area contributed by atoms with E-state index in [4.69, 9.17) is 25.5 Å². The minimum atomic E-state index is -0.590. The topological polar surface area (TPSA) is 52.8 Å². The third-order valence-electron chi connectivity index (χ3n) is 4.93. The summed E-state index contributed by atoms with van der Waals surface area (Å²) >= 11 is 0.194. The van der Waals surface area contributed by atoms with Crippen molar-refractivity contribution in [3.63, 3.8) is 0 Å². The Morgan fingerprint density at radius 3 is 2.27 bits per heavy atom. The summed E-state index contributed by atoms with van der Waals surface area (Å²) in [6.07, 6.45) is 7.60. The number of pyridine rings is 3. The first-order valence-corrected chi connectivity index (χ1v) is 12.2. The quantitative estimate of drug-likeness (QED) is 0.300. The third kappa shape index (κ3) is 4.07. The van der Waals surface area contributed by atoms with Crippen LogP contribution in [0.5, 0.6) is 0 Å². The van der Waals surface area contributed by atoms with Crippen molar-refractivity contribution in [3.8, 4) is 0 Å². The maximum absolute atomic E-state index is 5.12. The van der Waals surface area contributed by atoms with E-state index in [1.54, 1.807) is 6.20 Å². The van der Waals surface area contributed by atoms with Crippen molar-refractivity contribution in [3.05, 3.63) is 108 Å². The normalized spacial score (nSPS) is 17.4. The molecular weight excluding hydrogens is 459 g/mol. The minimum absolute atomic E-state index is 0.194. The number of nitrogens with zero attached hydrogens (tertiary/aromatic N) is 4. The van der Waals surface area contributed by atoms with E-state index in [0.717, 1.165) is 39.1 Å². The Kier molecular flexibility index (Phi) is 6.35. The third-order valence-corrected chi connectivity index (χ3v) is 4.93. The zero-order valence-corrected chi connectivity index (χ0v) is 18.6. The number of halogens is 2.